The maximum atomic E-state index is 5.40. The standard InChI is InChI=1S/C37H45N3/c1-23(2)28-14-8-9-15-31(28)37(40-36-29(24(3)4)16-11-17-30(36)25(5)6)34-20-12-19-33(39-34)32-18-10-13-27-22-21-26(7)38-35(27)32/h8-20,23-26,37-38,40H,21-22H2,1-7H3/t26-,37+/m0/s1. The smallest absolute Gasteiger partial charge is 0.0943 e. The van der Waals surface area contributed by atoms with Crippen LogP contribution in [0.5, 0.6) is 0 Å². The second-order valence-corrected chi connectivity index (χ2v) is 12.4. The normalized spacial score (nSPS) is 15.7. The van der Waals surface area contributed by atoms with Crippen LogP contribution in [0.1, 0.15) is 112 Å². The summed E-state index contributed by atoms with van der Waals surface area (Å²) in [5.74, 6) is 1.22. The zero-order valence-electron chi connectivity index (χ0n) is 25.3. The van der Waals surface area contributed by atoms with Gasteiger partial charge in [0.05, 0.1) is 17.4 Å². The summed E-state index contributed by atoms with van der Waals surface area (Å²) in [4.78, 5) is 5.40. The van der Waals surface area contributed by atoms with Crippen molar-refractivity contribution in [2.24, 2.45) is 0 Å². The molecule has 0 saturated heterocycles. The van der Waals surface area contributed by atoms with Gasteiger partial charge in [0.2, 0.25) is 0 Å². The summed E-state index contributed by atoms with van der Waals surface area (Å²) in [5.41, 5.74) is 12.5. The summed E-state index contributed by atoms with van der Waals surface area (Å²) in [7, 11) is 0. The van der Waals surface area contributed by atoms with E-state index in [1.54, 1.807) is 0 Å². The van der Waals surface area contributed by atoms with Crippen LogP contribution in [0.2, 0.25) is 0 Å². The SMILES string of the molecule is CC(C)c1ccccc1[C@@H](Nc1c(C(C)C)cccc1C(C)C)c1cccc(-c2cccc3c2N[C@@H](C)CC3)n1. The zero-order valence-corrected chi connectivity index (χ0v) is 25.3. The van der Waals surface area contributed by atoms with Gasteiger partial charge in [-0.05, 0) is 77.5 Å². The number of para-hydroxylation sites is 2. The Kier molecular flexibility index (Phi) is 8.30. The lowest BCUT2D eigenvalue weighted by Gasteiger charge is -2.29. The monoisotopic (exact) mass is 531 g/mol. The minimum atomic E-state index is -0.0811. The van der Waals surface area contributed by atoms with Crippen LogP contribution in [0.4, 0.5) is 11.4 Å². The Balaban J connectivity index is 1.68. The number of rotatable bonds is 8. The van der Waals surface area contributed by atoms with Gasteiger partial charge in [-0.2, -0.15) is 0 Å². The Bertz CT molecular complexity index is 1440. The first-order valence-electron chi connectivity index (χ1n) is 15.1. The average Bonchev–Trinajstić information content (AvgIpc) is 2.95. The van der Waals surface area contributed by atoms with Gasteiger partial charge in [0.1, 0.15) is 0 Å². The van der Waals surface area contributed by atoms with Crippen molar-refractivity contribution < 1.29 is 0 Å². The number of nitrogens with zero attached hydrogens (tertiary/aromatic N) is 1. The number of aryl methyl sites for hydroxylation is 1. The molecular formula is C37H45N3. The highest BCUT2D eigenvalue weighted by Gasteiger charge is 2.25. The van der Waals surface area contributed by atoms with Crippen LogP contribution in [0.15, 0.2) is 78.9 Å². The van der Waals surface area contributed by atoms with Gasteiger partial charge in [0, 0.05) is 23.0 Å². The summed E-state index contributed by atoms with van der Waals surface area (Å²) in [6, 6.07) is 29.2. The van der Waals surface area contributed by atoms with E-state index in [9.17, 15) is 0 Å². The topological polar surface area (TPSA) is 37.0 Å². The first-order valence-corrected chi connectivity index (χ1v) is 15.1. The molecular weight excluding hydrogens is 486 g/mol. The number of fused-ring (bicyclic) bond motifs is 1. The van der Waals surface area contributed by atoms with Gasteiger partial charge in [-0.15, -0.1) is 0 Å². The Morgan fingerprint density at radius 2 is 1.30 bits per heavy atom. The molecule has 2 N–H and O–H groups in total. The maximum Gasteiger partial charge on any atom is 0.0943 e. The van der Waals surface area contributed by atoms with Gasteiger partial charge in [-0.1, -0.05) is 108 Å². The molecule has 3 heteroatoms. The first-order chi connectivity index (χ1) is 19.2. The molecule has 40 heavy (non-hydrogen) atoms. The third kappa shape index (κ3) is 5.66. The van der Waals surface area contributed by atoms with Crippen LogP contribution in [0.25, 0.3) is 11.3 Å². The molecule has 0 spiro atoms. The van der Waals surface area contributed by atoms with Crippen molar-refractivity contribution in [2.75, 3.05) is 10.6 Å². The highest BCUT2D eigenvalue weighted by atomic mass is 15.0. The molecule has 0 saturated carbocycles. The van der Waals surface area contributed by atoms with Crippen molar-refractivity contribution in [1.82, 2.24) is 4.98 Å². The van der Waals surface area contributed by atoms with Gasteiger partial charge in [0.15, 0.2) is 0 Å². The molecule has 1 aliphatic rings. The summed E-state index contributed by atoms with van der Waals surface area (Å²) in [6.45, 7) is 16.0. The van der Waals surface area contributed by atoms with E-state index in [1.165, 1.54) is 44.8 Å². The third-order valence-electron chi connectivity index (χ3n) is 8.32. The predicted molar refractivity (Wildman–Crippen MR) is 172 cm³/mol. The molecule has 208 valence electrons. The van der Waals surface area contributed by atoms with Gasteiger partial charge < -0.3 is 10.6 Å². The van der Waals surface area contributed by atoms with Gasteiger partial charge in [-0.3, -0.25) is 4.98 Å². The summed E-state index contributed by atoms with van der Waals surface area (Å²) in [5, 5.41) is 7.83. The number of aromatic nitrogens is 1. The number of pyridine rings is 1. The van der Waals surface area contributed by atoms with Crippen LogP contribution >= 0.6 is 0 Å². The minimum Gasteiger partial charge on any atom is -0.382 e. The molecule has 4 aromatic rings. The van der Waals surface area contributed by atoms with E-state index < -0.39 is 0 Å². The first kappa shape index (κ1) is 28.0. The second-order valence-electron chi connectivity index (χ2n) is 12.4. The van der Waals surface area contributed by atoms with Crippen molar-refractivity contribution >= 4 is 11.4 Å². The molecule has 2 atom stereocenters. The number of anilines is 2. The van der Waals surface area contributed by atoms with Gasteiger partial charge in [0.25, 0.3) is 0 Å². The quantitative estimate of drug-likeness (QED) is 0.237. The molecule has 0 fully saturated rings. The fourth-order valence-corrected chi connectivity index (χ4v) is 6.12. The number of benzene rings is 3. The lowest BCUT2D eigenvalue weighted by Crippen LogP contribution is -2.22. The van der Waals surface area contributed by atoms with Gasteiger partial charge >= 0.3 is 0 Å². The molecule has 1 aliphatic heterocycles. The van der Waals surface area contributed by atoms with E-state index in [4.69, 9.17) is 4.98 Å². The molecule has 0 bridgehead atoms. The van der Waals surface area contributed by atoms with Crippen LogP contribution < -0.4 is 10.6 Å². The molecule has 3 nitrogen and oxygen atoms in total. The Morgan fingerprint density at radius 1 is 0.700 bits per heavy atom. The van der Waals surface area contributed by atoms with Crippen LogP contribution in [0, 0.1) is 0 Å². The summed E-state index contributed by atoms with van der Waals surface area (Å²) < 4.78 is 0. The average molecular weight is 532 g/mol. The molecule has 0 aliphatic carbocycles. The molecule has 5 rings (SSSR count). The lowest BCUT2D eigenvalue weighted by atomic mass is 9.88. The number of hydrogen-bond acceptors (Lipinski definition) is 3. The van der Waals surface area contributed by atoms with Gasteiger partial charge in [-0.25, -0.2) is 0 Å². The van der Waals surface area contributed by atoms with E-state index in [-0.39, 0.29) is 6.04 Å². The summed E-state index contributed by atoms with van der Waals surface area (Å²) >= 11 is 0. The van der Waals surface area contributed by atoms with Crippen molar-refractivity contribution in [3.8, 4) is 11.3 Å². The highest BCUT2D eigenvalue weighted by molar-refractivity contribution is 5.79. The molecule has 2 heterocycles. The van der Waals surface area contributed by atoms with E-state index in [1.807, 2.05) is 0 Å². The highest BCUT2D eigenvalue weighted by Crippen LogP contribution is 2.40. The largest absolute Gasteiger partial charge is 0.382 e. The minimum absolute atomic E-state index is 0.0811. The lowest BCUT2D eigenvalue weighted by molar-refractivity contribution is 0.681. The van der Waals surface area contributed by atoms with E-state index in [0.717, 1.165) is 24.2 Å². The van der Waals surface area contributed by atoms with E-state index >= 15 is 0 Å². The molecule has 0 radical (unpaired) electrons. The number of hydrogen-bond donors (Lipinski definition) is 2. The van der Waals surface area contributed by atoms with E-state index in [0.29, 0.717) is 23.8 Å². The molecule has 0 unspecified atom stereocenters. The third-order valence-corrected chi connectivity index (χ3v) is 8.32. The predicted octanol–water partition coefficient (Wildman–Crippen LogP) is 10.1. The van der Waals surface area contributed by atoms with Crippen molar-refractivity contribution in [3.63, 3.8) is 0 Å². The molecule has 1 aromatic heterocycles. The number of nitrogens with one attached hydrogen (secondary N) is 2. The zero-order chi connectivity index (χ0) is 28.4. The molecule has 3 aromatic carbocycles. The van der Waals surface area contributed by atoms with Crippen molar-refractivity contribution in [1.29, 1.82) is 0 Å². The Labute approximate surface area is 241 Å². The van der Waals surface area contributed by atoms with E-state index in [2.05, 4.69) is 138 Å². The Hall–Kier alpha value is -3.59. The fourth-order valence-electron chi connectivity index (χ4n) is 6.12. The molecule has 0 amide bonds. The second kappa shape index (κ2) is 11.9. The van der Waals surface area contributed by atoms with Crippen LogP contribution in [-0.2, 0) is 6.42 Å². The summed E-state index contributed by atoms with van der Waals surface area (Å²) in [6.07, 6.45) is 2.27. The van der Waals surface area contributed by atoms with Crippen LogP contribution in [0.3, 0.4) is 0 Å². The van der Waals surface area contributed by atoms with Crippen molar-refractivity contribution in [3.05, 3.63) is 112 Å². The fraction of sp³-hybridized carbons (Fsp3) is 0.378. The van der Waals surface area contributed by atoms with Crippen molar-refractivity contribution in [2.45, 2.75) is 91.1 Å². The maximum absolute atomic E-state index is 5.40. The Morgan fingerprint density at radius 3 is 1.98 bits per heavy atom. The van der Waals surface area contributed by atoms with Crippen LogP contribution in [-0.4, -0.2) is 11.0 Å².